The zero-order valence-electron chi connectivity index (χ0n) is 13.8. The molecule has 0 aliphatic rings. The number of rotatable bonds is 5. The molecule has 0 radical (unpaired) electrons. The number of carbonyl (C=O) groups excluding carboxylic acids is 1. The number of amides is 2. The normalized spacial score (nSPS) is 9.81. The first-order chi connectivity index (χ1) is 12.7. The Morgan fingerprint density at radius 1 is 1.00 bits per heavy atom. The van der Waals surface area contributed by atoms with Crippen LogP contribution < -0.4 is 16.0 Å². The minimum atomic E-state index is -0.336. The van der Waals surface area contributed by atoms with Crippen LogP contribution in [0.25, 0.3) is 0 Å². The summed E-state index contributed by atoms with van der Waals surface area (Å²) >= 11 is 0. The molecular weight excluding hydrogens is 328 g/mol. The van der Waals surface area contributed by atoms with Crippen molar-refractivity contribution in [3.05, 3.63) is 78.2 Å². The van der Waals surface area contributed by atoms with E-state index < -0.39 is 0 Å². The van der Waals surface area contributed by atoms with Gasteiger partial charge >= 0.3 is 6.03 Å². The number of carbonyl (C=O) groups is 1. The molecule has 0 spiro atoms. The number of para-hydroxylation sites is 1. The van der Waals surface area contributed by atoms with Gasteiger partial charge < -0.3 is 16.0 Å². The molecule has 3 rings (SSSR count). The standard InChI is InChI=1S/C19H16N6O/c20-9-14-6-7-18(22-11-14)23-12-15-8-17(13-21-10-15)25-19(26)24-16-4-2-1-3-5-16/h1-8,10-11,13H,12H2,(H,22,23)(H2,24,25,26). The lowest BCUT2D eigenvalue weighted by Gasteiger charge is -2.09. The Kier molecular flexibility index (Phi) is 5.38. The molecule has 1 aromatic carbocycles. The second kappa shape index (κ2) is 8.26. The van der Waals surface area contributed by atoms with Crippen molar-refractivity contribution in [2.45, 2.75) is 6.54 Å². The molecule has 0 bridgehead atoms. The fourth-order valence-electron chi connectivity index (χ4n) is 2.22. The van der Waals surface area contributed by atoms with E-state index in [2.05, 4.69) is 25.9 Å². The van der Waals surface area contributed by atoms with E-state index >= 15 is 0 Å². The quantitative estimate of drug-likeness (QED) is 0.656. The van der Waals surface area contributed by atoms with Crippen molar-refractivity contribution in [3.63, 3.8) is 0 Å². The molecule has 2 amide bonds. The van der Waals surface area contributed by atoms with Gasteiger partial charge in [-0.25, -0.2) is 9.78 Å². The summed E-state index contributed by atoms with van der Waals surface area (Å²) in [7, 11) is 0. The molecule has 7 heteroatoms. The monoisotopic (exact) mass is 344 g/mol. The second-order valence-corrected chi connectivity index (χ2v) is 5.42. The maximum absolute atomic E-state index is 12.0. The zero-order chi connectivity index (χ0) is 18.2. The van der Waals surface area contributed by atoms with E-state index in [1.807, 2.05) is 42.5 Å². The molecule has 0 unspecified atom stereocenters. The summed E-state index contributed by atoms with van der Waals surface area (Å²) in [6.45, 7) is 0.488. The average Bonchev–Trinajstić information content (AvgIpc) is 2.68. The summed E-state index contributed by atoms with van der Waals surface area (Å²) in [5.41, 5.74) is 2.69. The number of aromatic nitrogens is 2. The molecule has 2 heterocycles. The lowest BCUT2D eigenvalue weighted by atomic mass is 10.2. The van der Waals surface area contributed by atoms with Crippen molar-refractivity contribution in [2.75, 3.05) is 16.0 Å². The number of nitriles is 1. The van der Waals surface area contributed by atoms with Crippen molar-refractivity contribution in [1.82, 2.24) is 9.97 Å². The minimum absolute atomic E-state index is 0.336. The van der Waals surface area contributed by atoms with Gasteiger partial charge in [0.1, 0.15) is 11.9 Å². The fraction of sp³-hybridized carbons (Fsp3) is 0.0526. The van der Waals surface area contributed by atoms with E-state index in [1.54, 1.807) is 24.5 Å². The molecule has 128 valence electrons. The second-order valence-electron chi connectivity index (χ2n) is 5.42. The van der Waals surface area contributed by atoms with Gasteiger partial charge in [-0.1, -0.05) is 18.2 Å². The van der Waals surface area contributed by atoms with E-state index in [9.17, 15) is 4.79 Å². The van der Waals surface area contributed by atoms with Crippen LogP contribution in [0.5, 0.6) is 0 Å². The van der Waals surface area contributed by atoms with E-state index in [1.165, 1.54) is 6.20 Å². The first-order valence-corrected chi connectivity index (χ1v) is 7.90. The summed E-state index contributed by atoms with van der Waals surface area (Å²) in [6, 6.07) is 16.1. The average molecular weight is 344 g/mol. The number of pyridine rings is 2. The van der Waals surface area contributed by atoms with Crippen LogP contribution in [-0.4, -0.2) is 16.0 Å². The summed E-state index contributed by atoms with van der Waals surface area (Å²) in [4.78, 5) is 20.3. The van der Waals surface area contributed by atoms with Gasteiger partial charge in [0.25, 0.3) is 0 Å². The fourth-order valence-corrected chi connectivity index (χ4v) is 2.22. The Balaban J connectivity index is 1.57. The molecule has 2 aromatic heterocycles. The Bertz CT molecular complexity index is 919. The molecule has 0 atom stereocenters. The lowest BCUT2D eigenvalue weighted by Crippen LogP contribution is -2.19. The molecule has 0 aliphatic heterocycles. The Morgan fingerprint density at radius 3 is 2.54 bits per heavy atom. The number of benzene rings is 1. The summed E-state index contributed by atoms with van der Waals surface area (Å²) in [5, 5.41) is 17.4. The van der Waals surface area contributed by atoms with Crippen molar-refractivity contribution in [1.29, 1.82) is 5.26 Å². The van der Waals surface area contributed by atoms with Crippen molar-refractivity contribution < 1.29 is 4.79 Å². The van der Waals surface area contributed by atoms with Crippen LogP contribution in [0, 0.1) is 11.3 Å². The molecule has 0 saturated heterocycles. The summed E-state index contributed by atoms with van der Waals surface area (Å²) in [6.07, 6.45) is 4.79. The Labute approximate surface area is 150 Å². The molecule has 3 N–H and O–H groups in total. The highest BCUT2D eigenvalue weighted by Crippen LogP contribution is 2.12. The van der Waals surface area contributed by atoms with Crippen LogP contribution in [0.15, 0.2) is 67.1 Å². The predicted octanol–water partition coefficient (Wildman–Crippen LogP) is 3.60. The van der Waals surface area contributed by atoms with E-state index in [-0.39, 0.29) is 6.03 Å². The highest BCUT2D eigenvalue weighted by molar-refractivity contribution is 5.99. The Morgan fingerprint density at radius 2 is 1.81 bits per heavy atom. The molecular formula is C19H16N6O. The van der Waals surface area contributed by atoms with Crippen LogP contribution in [0.4, 0.5) is 22.0 Å². The van der Waals surface area contributed by atoms with Crippen molar-refractivity contribution >= 4 is 23.2 Å². The van der Waals surface area contributed by atoms with Gasteiger partial charge in [-0.2, -0.15) is 5.26 Å². The smallest absolute Gasteiger partial charge is 0.323 e. The summed E-state index contributed by atoms with van der Waals surface area (Å²) in [5.74, 6) is 0.657. The summed E-state index contributed by atoms with van der Waals surface area (Å²) < 4.78 is 0. The molecule has 0 aliphatic carbocycles. The van der Waals surface area contributed by atoms with Gasteiger partial charge in [0, 0.05) is 24.6 Å². The first-order valence-electron chi connectivity index (χ1n) is 7.90. The minimum Gasteiger partial charge on any atom is -0.366 e. The Hall–Kier alpha value is -3.92. The third kappa shape index (κ3) is 4.79. The number of urea groups is 1. The maximum Gasteiger partial charge on any atom is 0.323 e. The molecule has 0 fully saturated rings. The lowest BCUT2D eigenvalue weighted by molar-refractivity contribution is 0.262. The zero-order valence-corrected chi connectivity index (χ0v) is 13.8. The van der Waals surface area contributed by atoms with Crippen LogP contribution in [0.2, 0.25) is 0 Å². The number of nitrogens with one attached hydrogen (secondary N) is 3. The van der Waals surface area contributed by atoms with E-state index in [4.69, 9.17) is 5.26 Å². The highest BCUT2D eigenvalue weighted by Gasteiger charge is 2.04. The third-order valence-corrected chi connectivity index (χ3v) is 3.45. The predicted molar refractivity (Wildman–Crippen MR) is 99.6 cm³/mol. The van der Waals surface area contributed by atoms with Crippen LogP contribution in [0.3, 0.4) is 0 Å². The van der Waals surface area contributed by atoms with Crippen molar-refractivity contribution in [2.24, 2.45) is 0 Å². The van der Waals surface area contributed by atoms with Gasteiger partial charge in [-0.05, 0) is 35.9 Å². The van der Waals surface area contributed by atoms with E-state index in [0.29, 0.717) is 29.3 Å². The number of anilines is 3. The third-order valence-electron chi connectivity index (χ3n) is 3.45. The van der Waals surface area contributed by atoms with E-state index in [0.717, 1.165) is 5.56 Å². The number of hydrogen-bond acceptors (Lipinski definition) is 5. The highest BCUT2D eigenvalue weighted by atomic mass is 16.2. The molecule has 3 aromatic rings. The molecule has 0 saturated carbocycles. The van der Waals surface area contributed by atoms with Crippen LogP contribution in [-0.2, 0) is 6.54 Å². The van der Waals surface area contributed by atoms with Crippen molar-refractivity contribution in [3.8, 4) is 6.07 Å². The topological polar surface area (TPSA) is 103 Å². The largest absolute Gasteiger partial charge is 0.366 e. The van der Waals surface area contributed by atoms with Crippen LogP contribution >= 0.6 is 0 Å². The van der Waals surface area contributed by atoms with Gasteiger partial charge in [0.15, 0.2) is 0 Å². The van der Waals surface area contributed by atoms with Crippen LogP contribution in [0.1, 0.15) is 11.1 Å². The molecule has 7 nitrogen and oxygen atoms in total. The van der Waals surface area contributed by atoms with Gasteiger partial charge in [-0.15, -0.1) is 0 Å². The number of nitrogens with zero attached hydrogens (tertiary/aromatic N) is 3. The molecule has 26 heavy (non-hydrogen) atoms. The number of hydrogen-bond donors (Lipinski definition) is 3. The SMILES string of the molecule is N#Cc1ccc(NCc2cncc(NC(=O)Nc3ccccc3)c2)nc1. The van der Waals surface area contributed by atoms with Gasteiger partial charge in [0.2, 0.25) is 0 Å². The van der Waals surface area contributed by atoms with Gasteiger partial charge in [-0.3, -0.25) is 4.98 Å². The maximum atomic E-state index is 12.0. The van der Waals surface area contributed by atoms with Gasteiger partial charge in [0.05, 0.1) is 17.4 Å². The first kappa shape index (κ1) is 16.9.